The van der Waals surface area contributed by atoms with Gasteiger partial charge >= 0.3 is 0 Å². The molecule has 0 unspecified atom stereocenters. The lowest BCUT2D eigenvalue weighted by molar-refractivity contribution is 0.478. The molecule has 0 bridgehead atoms. The van der Waals surface area contributed by atoms with Crippen LogP contribution in [0.4, 0.5) is 0 Å². The summed E-state index contributed by atoms with van der Waals surface area (Å²) in [6.45, 7) is 2.08. The number of rotatable bonds is 7. The molecule has 25 heavy (non-hydrogen) atoms. The molecule has 3 rings (SSSR count). The summed E-state index contributed by atoms with van der Waals surface area (Å²) in [5, 5.41) is 0.644. The van der Waals surface area contributed by atoms with Gasteiger partial charge in [0.05, 0.1) is 0 Å². The fourth-order valence-corrected chi connectivity index (χ4v) is 3.31. The summed E-state index contributed by atoms with van der Waals surface area (Å²) in [4.78, 5) is 19.1. The van der Waals surface area contributed by atoms with Crippen molar-refractivity contribution < 1.29 is 4.74 Å². The van der Waals surface area contributed by atoms with Crippen LogP contribution in [0.2, 0.25) is 0 Å². The van der Waals surface area contributed by atoms with Gasteiger partial charge in [-0.2, -0.15) is 0 Å². The summed E-state index contributed by atoms with van der Waals surface area (Å²) < 4.78 is 5.98. The number of aromatic amines is 1. The fraction of sp³-hybridized carbons (Fsp3) is 0.200. The van der Waals surface area contributed by atoms with E-state index < -0.39 is 0 Å². The summed E-state index contributed by atoms with van der Waals surface area (Å²) in [6.07, 6.45) is 1.78. The third kappa shape index (κ3) is 4.97. The SMILES string of the molecule is CCCc1cc(=O)[nH]c(SCc2ccccc2Oc2ccccc2)n1. The van der Waals surface area contributed by atoms with Gasteiger partial charge in [-0.05, 0) is 24.6 Å². The molecule has 0 fully saturated rings. The number of hydrogen-bond donors (Lipinski definition) is 1. The van der Waals surface area contributed by atoms with Crippen molar-refractivity contribution in [2.24, 2.45) is 0 Å². The van der Waals surface area contributed by atoms with Crippen molar-refractivity contribution in [1.29, 1.82) is 0 Å². The second-order valence-electron chi connectivity index (χ2n) is 5.60. The summed E-state index contributed by atoms with van der Waals surface area (Å²) in [7, 11) is 0. The van der Waals surface area contributed by atoms with Crippen molar-refractivity contribution in [2.45, 2.75) is 30.7 Å². The number of nitrogens with one attached hydrogen (secondary N) is 1. The normalized spacial score (nSPS) is 10.6. The molecule has 0 saturated heterocycles. The zero-order valence-corrected chi connectivity index (χ0v) is 14.9. The van der Waals surface area contributed by atoms with Crippen molar-refractivity contribution in [3.8, 4) is 11.5 Å². The van der Waals surface area contributed by atoms with Crippen molar-refractivity contribution in [3.05, 3.63) is 82.3 Å². The highest BCUT2D eigenvalue weighted by Gasteiger charge is 2.07. The van der Waals surface area contributed by atoms with Gasteiger partial charge in [0.1, 0.15) is 11.5 Å². The second kappa shape index (κ2) is 8.53. The zero-order chi connectivity index (χ0) is 17.5. The van der Waals surface area contributed by atoms with E-state index in [1.165, 1.54) is 11.8 Å². The van der Waals surface area contributed by atoms with E-state index in [0.717, 1.165) is 35.6 Å². The fourth-order valence-electron chi connectivity index (χ4n) is 2.42. The van der Waals surface area contributed by atoms with Crippen molar-refractivity contribution >= 4 is 11.8 Å². The second-order valence-corrected chi connectivity index (χ2v) is 6.57. The lowest BCUT2D eigenvalue weighted by Crippen LogP contribution is -2.10. The maximum absolute atomic E-state index is 11.8. The van der Waals surface area contributed by atoms with Gasteiger partial charge in [0.15, 0.2) is 5.16 Å². The van der Waals surface area contributed by atoms with Gasteiger partial charge in [-0.3, -0.25) is 4.79 Å². The Morgan fingerprint density at radius 1 is 1.08 bits per heavy atom. The molecule has 0 spiro atoms. The molecule has 0 aliphatic carbocycles. The average molecular weight is 352 g/mol. The molecule has 1 N–H and O–H groups in total. The predicted octanol–water partition coefficient (Wildman–Crippen LogP) is 4.81. The molecule has 0 radical (unpaired) electrons. The van der Waals surface area contributed by atoms with Crippen LogP contribution in [0.5, 0.6) is 11.5 Å². The zero-order valence-electron chi connectivity index (χ0n) is 14.1. The van der Waals surface area contributed by atoms with Crippen LogP contribution in [0.25, 0.3) is 0 Å². The molecule has 2 aromatic carbocycles. The maximum atomic E-state index is 11.8. The Hall–Kier alpha value is -2.53. The van der Waals surface area contributed by atoms with Crippen molar-refractivity contribution in [1.82, 2.24) is 9.97 Å². The van der Waals surface area contributed by atoms with Gasteiger partial charge in [0, 0.05) is 23.1 Å². The standard InChI is InChI=1S/C20H20N2O2S/c1-2-8-16-13-19(23)22-20(21-16)25-14-15-9-6-7-12-18(15)24-17-10-4-3-5-11-17/h3-7,9-13H,2,8,14H2,1H3,(H,21,22,23). The Morgan fingerprint density at radius 2 is 1.84 bits per heavy atom. The number of para-hydroxylation sites is 2. The first-order valence-corrected chi connectivity index (χ1v) is 9.27. The molecule has 0 aliphatic rings. The van der Waals surface area contributed by atoms with E-state index >= 15 is 0 Å². The van der Waals surface area contributed by atoms with E-state index in [9.17, 15) is 4.79 Å². The summed E-state index contributed by atoms with van der Waals surface area (Å²) >= 11 is 1.51. The number of hydrogen-bond acceptors (Lipinski definition) is 4. The largest absolute Gasteiger partial charge is 0.457 e. The van der Waals surface area contributed by atoms with Gasteiger partial charge in [-0.15, -0.1) is 0 Å². The van der Waals surface area contributed by atoms with Gasteiger partial charge in [-0.25, -0.2) is 4.98 Å². The lowest BCUT2D eigenvalue weighted by atomic mass is 10.2. The smallest absolute Gasteiger partial charge is 0.251 e. The van der Waals surface area contributed by atoms with Crippen LogP contribution in [-0.4, -0.2) is 9.97 Å². The van der Waals surface area contributed by atoms with Crippen molar-refractivity contribution in [3.63, 3.8) is 0 Å². The Balaban J connectivity index is 1.74. The number of H-pyrrole nitrogens is 1. The molecular formula is C20H20N2O2S. The third-order valence-electron chi connectivity index (χ3n) is 3.59. The Kier molecular flexibility index (Phi) is 5.90. The Bertz CT molecular complexity index is 878. The first-order valence-electron chi connectivity index (χ1n) is 8.28. The highest BCUT2D eigenvalue weighted by Crippen LogP contribution is 2.29. The quantitative estimate of drug-likeness (QED) is 0.490. The van der Waals surface area contributed by atoms with E-state index in [4.69, 9.17) is 4.74 Å². The number of ether oxygens (including phenoxy) is 1. The van der Waals surface area contributed by atoms with Crippen LogP contribution < -0.4 is 10.3 Å². The van der Waals surface area contributed by atoms with Crippen LogP contribution in [0, 0.1) is 0 Å². The molecule has 1 heterocycles. The maximum Gasteiger partial charge on any atom is 0.251 e. The summed E-state index contributed by atoms with van der Waals surface area (Å²) in [6, 6.07) is 19.2. The summed E-state index contributed by atoms with van der Waals surface area (Å²) in [5.41, 5.74) is 1.79. The molecule has 0 saturated carbocycles. The van der Waals surface area contributed by atoms with E-state index in [0.29, 0.717) is 10.9 Å². The highest BCUT2D eigenvalue weighted by molar-refractivity contribution is 7.98. The molecule has 3 aromatic rings. The van der Waals surface area contributed by atoms with Gasteiger partial charge in [0.25, 0.3) is 5.56 Å². The number of benzene rings is 2. The van der Waals surface area contributed by atoms with E-state index in [1.807, 2.05) is 54.6 Å². The number of nitrogens with zero attached hydrogens (tertiary/aromatic N) is 1. The van der Waals surface area contributed by atoms with E-state index in [2.05, 4.69) is 16.9 Å². The van der Waals surface area contributed by atoms with Crippen LogP contribution >= 0.6 is 11.8 Å². The van der Waals surface area contributed by atoms with Gasteiger partial charge in [0.2, 0.25) is 0 Å². The Morgan fingerprint density at radius 3 is 2.64 bits per heavy atom. The third-order valence-corrected chi connectivity index (χ3v) is 4.51. The molecule has 5 heteroatoms. The number of aromatic nitrogens is 2. The molecule has 0 aliphatic heterocycles. The molecule has 1 aromatic heterocycles. The average Bonchev–Trinajstić information content (AvgIpc) is 2.62. The number of thioether (sulfide) groups is 1. The minimum absolute atomic E-state index is 0.102. The molecular weight excluding hydrogens is 332 g/mol. The predicted molar refractivity (Wildman–Crippen MR) is 101 cm³/mol. The summed E-state index contributed by atoms with van der Waals surface area (Å²) in [5.74, 6) is 2.28. The van der Waals surface area contributed by atoms with Crippen LogP contribution in [-0.2, 0) is 12.2 Å². The van der Waals surface area contributed by atoms with Crippen molar-refractivity contribution in [2.75, 3.05) is 0 Å². The molecule has 128 valence electrons. The van der Waals surface area contributed by atoms with Gasteiger partial charge < -0.3 is 9.72 Å². The van der Waals surface area contributed by atoms with Crippen LogP contribution in [0.15, 0.2) is 70.6 Å². The van der Waals surface area contributed by atoms with Gasteiger partial charge in [-0.1, -0.05) is 61.5 Å². The Labute approximate surface area is 151 Å². The highest BCUT2D eigenvalue weighted by atomic mass is 32.2. The lowest BCUT2D eigenvalue weighted by Gasteiger charge is -2.11. The molecule has 0 amide bonds. The van der Waals surface area contributed by atoms with Crippen LogP contribution in [0.3, 0.4) is 0 Å². The van der Waals surface area contributed by atoms with E-state index in [1.54, 1.807) is 6.07 Å². The minimum atomic E-state index is -0.102. The first kappa shape index (κ1) is 17.3. The topological polar surface area (TPSA) is 55.0 Å². The monoisotopic (exact) mass is 352 g/mol. The number of aryl methyl sites for hydroxylation is 1. The first-order chi connectivity index (χ1) is 12.2. The minimum Gasteiger partial charge on any atom is -0.457 e. The molecule has 0 atom stereocenters. The molecule has 4 nitrogen and oxygen atoms in total. The van der Waals surface area contributed by atoms with Crippen LogP contribution in [0.1, 0.15) is 24.6 Å². The van der Waals surface area contributed by atoms with E-state index in [-0.39, 0.29) is 5.56 Å².